The van der Waals surface area contributed by atoms with Gasteiger partial charge >= 0.3 is 6.03 Å². The van der Waals surface area contributed by atoms with Crippen LogP contribution in [0.2, 0.25) is 0 Å². The van der Waals surface area contributed by atoms with E-state index in [1.807, 2.05) is 0 Å². The van der Waals surface area contributed by atoms with Crippen LogP contribution in [-0.4, -0.2) is 92.1 Å². The molecule has 116 valence electrons. The van der Waals surface area contributed by atoms with Crippen molar-refractivity contribution in [2.75, 3.05) is 53.4 Å². The van der Waals surface area contributed by atoms with E-state index in [-0.39, 0.29) is 0 Å². The van der Waals surface area contributed by atoms with Gasteiger partial charge in [0.2, 0.25) is 11.8 Å². The maximum Gasteiger partial charge on any atom is 0.332 e. The number of amides is 4. The van der Waals surface area contributed by atoms with E-state index in [0.29, 0.717) is 6.54 Å². The van der Waals surface area contributed by atoms with Crippen molar-refractivity contribution < 1.29 is 14.4 Å². The number of nitrogens with one attached hydrogen (secondary N) is 1. The molecule has 0 aromatic carbocycles. The third kappa shape index (κ3) is 3.45. The van der Waals surface area contributed by atoms with Crippen LogP contribution in [0.25, 0.3) is 0 Å². The van der Waals surface area contributed by atoms with Crippen molar-refractivity contribution in [1.82, 2.24) is 20.0 Å². The quantitative estimate of drug-likeness (QED) is 0.511. The number of urea groups is 1. The van der Waals surface area contributed by atoms with Crippen LogP contribution in [-0.2, 0) is 9.59 Å². The summed E-state index contributed by atoms with van der Waals surface area (Å²) in [5.74, 6) is -2.02. The van der Waals surface area contributed by atoms with Gasteiger partial charge in [0.1, 0.15) is 0 Å². The van der Waals surface area contributed by atoms with Crippen LogP contribution >= 0.6 is 0 Å². The molecule has 0 aromatic rings. The first-order valence-corrected chi connectivity index (χ1v) is 7.04. The molecule has 2 saturated heterocycles. The second-order valence-electron chi connectivity index (χ2n) is 5.20. The van der Waals surface area contributed by atoms with Gasteiger partial charge in [0.25, 0.3) is 0 Å². The van der Waals surface area contributed by atoms with Gasteiger partial charge < -0.3 is 5.32 Å². The van der Waals surface area contributed by atoms with E-state index in [2.05, 4.69) is 15.2 Å². The molecule has 8 nitrogen and oxygen atoms in total. The van der Waals surface area contributed by atoms with Crippen molar-refractivity contribution in [3.05, 3.63) is 0 Å². The summed E-state index contributed by atoms with van der Waals surface area (Å²) in [6.45, 7) is 5.26. The fourth-order valence-corrected chi connectivity index (χ4v) is 2.38. The van der Waals surface area contributed by atoms with Gasteiger partial charge in [-0.2, -0.15) is 0 Å². The Hall–Kier alpha value is -1.80. The zero-order valence-corrected chi connectivity index (χ0v) is 12.4. The van der Waals surface area contributed by atoms with Crippen LogP contribution in [0, 0.1) is 5.92 Å². The van der Waals surface area contributed by atoms with Crippen LogP contribution in [0.1, 0.15) is 0 Å². The number of nitrogens with zero attached hydrogens (tertiary/aromatic N) is 4. The number of imide groups is 2. The first-order chi connectivity index (χ1) is 10.0. The normalized spacial score (nSPS) is 22.7. The molecule has 4 amide bonds. The van der Waals surface area contributed by atoms with Crippen LogP contribution in [0.5, 0.6) is 0 Å². The molecule has 2 rings (SSSR count). The van der Waals surface area contributed by atoms with E-state index in [4.69, 9.17) is 0 Å². The average Bonchev–Trinajstić information content (AvgIpc) is 2.51. The van der Waals surface area contributed by atoms with Gasteiger partial charge in [-0.25, -0.2) is 4.79 Å². The lowest BCUT2D eigenvalue weighted by Gasteiger charge is -2.31. The van der Waals surface area contributed by atoms with Gasteiger partial charge in [-0.1, -0.05) is 0 Å². The Kier molecular flexibility index (Phi) is 5.03. The highest BCUT2D eigenvalue weighted by atomic mass is 16.2. The van der Waals surface area contributed by atoms with Gasteiger partial charge in [0.05, 0.1) is 6.54 Å². The van der Waals surface area contributed by atoms with E-state index in [9.17, 15) is 14.4 Å². The average molecular weight is 295 g/mol. The molecule has 0 aliphatic carbocycles. The number of carbonyl (C=O) groups is 3. The summed E-state index contributed by atoms with van der Waals surface area (Å²) in [5, 5.41) is 3.27. The fourth-order valence-electron chi connectivity index (χ4n) is 2.38. The molecular weight excluding hydrogens is 274 g/mol. The standard InChI is InChI=1S/C13H21N5O3/c1-16-11(19)10(12(20)17(2)13(16)21)9-15-5-8-18-6-3-14-4-7-18/h9-10,14H,3-8H2,1-2H3. The molecule has 0 atom stereocenters. The molecule has 21 heavy (non-hydrogen) atoms. The Bertz CT molecular complexity index is 435. The topological polar surface area (TPSA) is 85.3 Å². The predicted molar refractivity (Wildman–Crippen MR) is 77.1 cm³/mol. The van der Waals surface area contributed by atoms with Crippen LogP contribution in [0.4, 0.5) is 4.79 Å². The third-order valence-corrected chi connectivity index (χ3v) is 3.78. The van der Waals surface area contributed by atoms with E-state index in [0.717, 1.165) is 42.5 Å². The van der Waals surface area contributed by atoms with Gasteiger partial charge in [-0.3, -0.25) is 29.3 Å². The number of piperazine rings is 1. The smallest absolute Gasteiger partial charge is 0.314 e. The molecule has 0 aromatic heterocycles. The second kappa shape index (κ2) is 6.77. The summed E-state index contributed by atoms with van der Waals surface area (Å²) >= 11 is 0. The van der Waals surface area contributed by atoms with E-state index >= 15 is 0 Å². The summed E-state index contributed by atoms with van der Waals surface area (Å²) < 4.78 is 0. The predicted octanol–water partition coefficient (Wildman–Crippen LogP) is -1.37. The highest BCUT2D eigenvalue weighted by Gasteiger charge is 2.41. The van der Waals surface area contributed by atoms with Crippen molar-refractivity contribution in [1.29, 1.82) is 0 Å². The Morgan fingerprint density at radius 1 is 1.14 bits per heavy atom. The molecule has 2 aliphatic rings. The number of hydrogen-bond acceptors (Lipinski definition) is 6. The van der Waals surface area contributed by atoms with Crippen LogP contribution in [0.3, 0.4) is 0 Å². The maximum atomic E-state index is 11.9. The van der Waals surface area contributed by atoms with Crippen molar-refractivity contribution in [3.63, 3.8) is 0 Å². The lowest BCUT2D eigenvalue weighted by molar-refractivity contribution is -0.144. The van der Waals surface area contributed by atoms with Crippen molar-refractivity contribution in [3.8, 4) is 0 Å². The monoisotopic (exact) mass is 295 g/mol. The van der Waals surface area contributed by atoms with Crippen LogP contribution < -0.4 is 5.32 Å². The molecule has 2 heterocycles. The second-order valence-corrected chi connectivity index (χ2v) is 5.20. The molecule has 0 bridgehead atoms. The number of rotatable bonds is 4. The summed E-state index contributed by atoms with van der Waals surface area (Å²) in [7, 11) is 2.74. The number of carbonyl (C=O) groups excluding carboxylic acids is 3. The first kappa shape index (κ1) is 15.6. The van der Waals surface area contributed by atoms with Crippen molar-refractivity contribution in [2.24, 2.45) is 10.9 Å². The largest absolute Gasteiger partial charge is 0.332 e. The van der Waals surface area contributed by atoms with Crippen molar-refractivity contribution in [2.45, 2.75) is 0 Å². The zero-order chi connectivity index (χ0) is 15.4. The Labute approximate surface area is 123 Å². The first-order valence-electron chi connectivity index (χ1n) is 7.04. The van der Waals surface area contributed by atoms with Gasteiger partial charge in [-0.05, 0) is 0 Å². The Balaban J connectivity index is 1.88. The molecular formula is C13H21N5O3. The minimum atomic E-state index is -0.985. The Morgan fingerprint density at radius 3 is 2.29 bits per heavy atom. The molecule has 2 aliphatic heterocycles. The Morgan fingerprint density at radius 2 is 1.71 bits per heavy atom. The molecule has 0 saturated carbocycles. The highest BCUT2D eigenvalue weighted by molar-refractivity contribution is 6.23. The summed E-state index contributed by atoms with van der Waals surface area (Å²) in [6.07, 6.45) is 1.37. The number of aliphatic imine (C=N–C) groups is 1. The molecule has 0 unspecified atom stereocenters. The fraction of sp³-hybridized carbons (Fsp3) is 0.692. The van der Waals surface area contributed by atoms with Gasteiger partial charge in [0, 0.05) is 53.0 Å². The van der Waals surface area contributed by atoms with Crippen molar-refractivity contribution >= 4 is 24.1 Å². The molecule has 1 N–H and O–H groups in total. The number of hydrogen-bond donors (Lipinski definition) is 1. The SMILES string of the molecule is CN1C(=O)C(C=NCCN2CCNCC2)C(=O)N(C)C1=O. The minimum absolute atomic E-state index is 0.519. The molecule has 0 radical (unpaired) electrons. The summed E-state index contributed by atoms with van der Waals surface area (Å²) in [5.41, 5.74) is 0. The van der Waals surface area contributed by atoms with Gasteiger partial charge in [0.15, 0.2) is 5.92 Å². The summed E-state index contributed by atoms with van der Waals surface area (Å²) in [4.78, 5) is 43.8. The summed E-state index contributed by atoms with van der Waals surface area (Å²) in [6, 6.07) is -0.601. The molecule has 0 spiro atoms. The maximum absolute atomic E-state index is 11.9. The highest BCUT2D eigenvalue weighted by Crippen LogP contribution is 2.13. The molecule has 2 fully saturated rings. The van der Waals surface area contributed by atoms with Crippen LogP contribution in [0.15, 0.2) is 4.99 Å². The zero-order valence-electron chi connectivity index (χ0n) is 12.4. The van der Waals surface area contributed by atoms with Gasteiger partial charge in [-0.15, -0.1) is 0 Å². The lowest BCUT2D eigenvalue weighted by Crippen LogP contribution is -2.57. The third-order valence-electron chi connectivity index (χ3n) is 3.78. The van der Waals surface area contributed by atoms with E-state index in [1.54, 1.807) is 0 Å². The molecule has 8 heteroatoms. The van der Waals surface area contributed by atoms with E-state index < -0.39 is 23.8 Å². The number of barbiturate groups is 1. The minimum Gasteiger partial charge on any atom is -0.314 e. The lowest BCUT2D eigenvalue weighted by atomic mass is 10.1. The van der Waals surface area contributed by atoms with E-state index in [1.165, 1.54) is 20.3 Å².